The van der Waals surface area contributed by atoms with Crippen molar-refractivity contribution >= 4 is 23.1 Å². The third kappa shape index (κ3) is 4.14. The second-order valence-corrected chi connectivity index (χ2v) is 9.15. The van der Waals surface area contributed by atoms with Crippen molar-refractivity contribution in [2.24, 2.45) is 0 Å². The van der Waals surface area contributed by atoms with Crippen molar-refractivity contribution < 1.29 is 24.2 Å². The summed E-state index contributed by atoms with van der Waals surface area (Å²) in [6.45, 7) is 7.53. The summed E-state index contributed by atoms with van der Waals surface area (Å²) in [5.41, 5.74) is 3.42. The van der Waals surface area contributed by atoms with Crippen LogP contribution >= 0.6 is 0 Å². The lowest BCUT2D eigenvalue weighted by Gasteiger charge is -2.31. The molecule has 1 amide bonds. The topological polar surface area (TPSA) is 96.6 Å². The Balaban J connectivity index is 1.62. The van der Waals surface area contributed by atoms with E-state index in [2.05, 4.69) is 9.88 Å². The summed E-state index contributed by atoms with van der Waals surface area (Å²) < 4.78 is 12.5. The van der Waals surface area contributed by atoms with Crippen LogP contribution in [0.2, 0.25) is 0 Å². The number of fused-ring (bicyclic) bond motifs is 1. The van der Waals surface area contributed by atoms with E-state index in [0.717, 1.165) is 24.2 Å². The number of benzene rings is 1. The molecule has 5 rings (SSSR count). The number of aliphatic hydroxyl groups is 1. The maximum absolute atomic E-state index is 13.4. The molecule has 4 heterocycles. The molecule has 36 heavy (non-hydrogen) atoms. The second kappa shape index (κ2) is 9.75. The number of carbonyl (C=O) groups is 2. The first kappa shape index (κ1) is 24.0. The quantitative estimate of drug-likeness (QED) is 0.322. The molecule has 1 aromatic carbocycles. The molecule has 188 valence electrons. The zero-order chi connectivity index (χ0) is 25.4. The van der Waals surface area contributed by atoms with Crippen LogP contribution in [-0.4, -0.2) is 82.5 Å². The fourth-order valence-corrected chi connectivity index (χ4v) is 5.05. The normalized spacial score (nSPS) is 20.4. The Bertz CT molecular complexity index is 1340. The first-order valence-corrected chi connectivity index (χ1v) is 12.1. The molecule has 3 aromatic rings. The number of ketones is 1. The lowest BCUT2D eigenvalue weighted by Crippen LogP contribution is -2.42. The smallest absolute Gasteiger partial charge is 0.295 e. The van der Waals surface area contributed by atoms with Gasteiger partial charge in [-0.1, -0.05) is 18.2 Å². The van der Waals surface area contributed by atoms with Crippen LogP contribution < -0.4 is 4.74 Å². The molecule has 0 radical (unpaired) electrons. The van der Waals surface area contributed by atoms with Crippen LogP contribution in [0.3, 0.4) is 0 Å². The summed E-state index contributed by atoms with van der Waals surface area (Å²) in [5.74, 6) is -0.874. The second-order valence-electron chi connectivity index (χ2n) is 9.15. The number of pyridine rings is 1. The van der Waals surface area contributed by atoms with E-state index in [9.17, 15) is 14.7 Å². The van der Waals surface area contributed by atoms with Crippen molar-refractivity contribution in [3.63, 3.8) is 0 Å². The molecular formula is C27H30N4O5. The van der Waals surface area contributed by atoms with Crippen molar-refractivity contribution in [1.82, 2.24) is 19.2 Å². The van der Waals surface area contributed by atoms with Gasteiger partial charge in [-0.3, -0.25) is 18.9 Å². The number of Topliss-reactive ketones (excluding diaryl/α,β-unsaturated/α-hetero) is 1. The van der Waals surface area contributed by atoms with E-state index in [4.69, 9.17) is 9.47 Å². The summed E-state index contributed by atoms with van der Waals surface area (Å²) in [6.07, 6.45) is 1.80. The average molecular weight is 491 g/mol. The van der Waals surface area contributed by atoms with Gasteiger partial charge in [0.15, 0.2) is 5.76 Å². The van der Waals surface area contributed by atoms with E-state index >= 15 is 0 Å². The van der Waals surface area contributed by atoms with Crippen LogP contribution in [0, 0.1) is 13.8 Å². The van der Waals surface area contributed by atoms with Crippen LogP contribution in [0.4, 0.5) is 0 Å². The van der Waals surface area contributed by atoms with Gasteiger partial charge in [0.25, 0.3) is 11.7 Å². The largest absolute Gasteiger partial charge is 0.505 e. The molecule has 1 N–H and O–H groups in total. The van der Waals surface area contributed by atoms with Gasteiger partial charge in [0, 0.05) is 32.4 Å². The highest BCUT2D eigenvalue weighted by atomic mass is 16.5. The number of nitrogens with zero attached hydrogens (tertiary/aromatic N) is 4. The maximum atomic E-state index is 13.4. The van der Waals surface area contributed by atoms with Crippen LogP contribution in [0.1, 0.15) is 28.6 Å². The number of rotatable bonds is 6. The molecule has 2 aliphatic rings. The monoisotopic (exact) mass is 490 g/mol. The number of aryl methyl sites for hydroxylation is 2. The Morgan fingerprint density at radius 1 is 1.11 bits per heavy atom. The summed E-state index contributed by atoms with van der Waals surface area (Å²) in [6, 6.07) is 10.3. The van der Waals surface area contributed by atoms with Gasteiger partial charge in [0.1, 0.15) is 17.1 Å². The Kier molecular flexibility index (Phi) is 6.51. The number of methoxy groups -OCH3 is 1. The number of morpholine rings is 1. The van der Waals surface area contributed by atoms with Gasteiger partial charge in [0.2, 0.25) is 0 Å². The number of hydrogen-bond donors (Lipinski definition) is 1. The van der Waals surface area contributed by atoms with Crippen molar-refractivity contribution in [2.75, 3.05) is 46.5 Å². The molecule has 9 nitrogen and oxygen atoms in total. The Morgan fingerprint density at radius 2 is 1.83 bits per heavy atom. The molecule has 0 aliphatic carbocycles. The molecule has 9 heteroatoms. The van der Waals surface area contributed by atoms with Gasteiger partial charge >= 0.3 is 0 Å². The molecule has 2 aromatic heterocycles. The van der Waals surface area contributed by atoms with Crippen LogP contribution in [0.5, 0.6) is 5.75 Å². The number of imidazole rings is 1. The number of aromatic nitrogens is 2. The van der Waals surface area contributed by atoms with Crippen LogP contribution in [0.15, 0.2) is 48.2 Å². The zero-order valence-corrected chi connectivity index (χ0v) is 20.7. The lowest BCUT2D eigenvalue weighted by atomic mass is 9.96. The van der Waals surface area contributed by atoms with Crippen molar-refractivity contribution in [3.05, 3.63) is 70.7 Å². The van der Waals surface area contributed by atoms with E-state index in [1.807, 2.05) is 31.2 Å². The predicted molar refractivity (Wildman–Crippen MR) is 134 cm³/mol. The lowest BCUT2D eigenvalue weighted by molar-refractivity contribution is -0.140. The zero-order valence-electron chi connectivity index (χ0n) is 20.7. The highest BCUT2D eigenvalue weighted by Crippen LogP contribution is 2.40. The van der Waals surface area contributed by atoms with Gasteiger partial charge < -0.3 is 19.5 Å². The fraction of sp³-hybridized carbons (Fsp3) is 0.370. The molecule has 0 spiro atoms. The predicted octanol–water partition coefficient (Wildman–Crippen LogP) is 2.71. The summed E-state index contributed by atoms with van der Waals surface area (Å²) in [4.78, 5) is 35.1. The third-order valence-corrected chi connectivity index (χ3v) is 6.98. The van der Waals surface area contributed by atoms with Gasteiger partial charge in [-0.15, -0.1) is 0 Å². The third-order valence-electron chi connectivity index (χ3n) is 6.98. The standard InChI is InChI=1S/C27H30N4O5/c1-17-5-4-10-30-22(18(2)28-26(17)30)24(32)21-23(19-6-8-20(35-3)9-7-19)31(27(34)25(21)33)12-11-29-13-15-36-16-14-29/h4-10,23,32H,11-16H2,1-3H3/b24-21+/t23-/m1/s1. The minimum Gasteiger partial charge on any atom is -0.505 e. The number of carbonyl (C=O) groups excluding carboxylic acids is 2. The Morgan fingerprint density at radius 3 is 2.53 bits per heavy atom. The molecule has 0 saturated carbocycles. The minimum atomic E-state index is -0.730. The van der Waals surface area contributed by atoms with E-state index < -0.39 is 17.7 Å². The highest BCUT2D eigenvalue weighted by Gasteiger charge is 2.46. The van der Waals surface area contributed by atoms with Gasteiger partial charge in [-0.05, 0) is 43.2 Å². The summed E-state index contributed by atoms with van der Waals surface area (Å²) in [5, 5.41) is 11.6. The summed E-state index contributed by atoms with van der Waals surface area (Å²) in [7, 11) is 1.58. The van der Waals surface area contributed by atoms with Gasteiger partial charge in [0.05, 0.1) is 37.6 Å². The molecule has 2 fully saturated rings. The molecule has 2 saturated heterocycles. The van der Waals surface area contributed by atoms with E-state index in [1.54, 1.807) is 41.7 Å². The first-order chi connectivity index (χ1) is 17.4. The fourth-order valence-electron chi connectivity index (χ4n) is 5.05. The van der Waals surface area contributed by atoms with Crippen molar-refractivity contribution in [3.8, 4) is 5.75 Å². The molecule has 0 unspecified atom stereocenters. The van der Waals surface area contributed by atoms with Crippen molar-refractivity contribution in [2.45, 2.75) is 19.9 Å². The van der Waals surface area contributed by atoms with Crippen LogP contribution in [-0.2, 0) is 14.3 Å². The van der Waals surface area contributed by atoms with Crippen LogP contribution in [0.25, 0.3) is 11.4 Å². The number of hydrogen-bond acceptors (Lipinski definition) is 7. The number of amides is 1. The van der Waals surface area contributed by atoms with Gasteiger partial charge in [-0.25, -0.2) is 4.98 Å². The Hall–Kier alpha value is -3.69. The van der Waals surface area contributed by atoms with E-state index in [1.165, 1.54) is 0 Å². The molecular weight excluding hydrogens is 460 g/mol. The number of likely N-dealkylation sites (tertiary alicyclic amines) is 1. The summed E-state index contributed by atoms with van der Waals surface area (Å²) >= 11 is 0. The average Bonchev–Trinajstić information content (AvgIpc) is 3.37. The number of ether oxygens (including phenoxy) is 2. The molecule has 2 aliphatic heterocycles. The Labute approximate surface area is 209 Å². The maximum Gasteiger partial charge on any atom is 0.295 e. The SMILES string of the molecule is COc1ccc([C@@H]2/C(=C(\O)c3c(C)nc4c(C)cccn34)C(=O)C(=O)N2CCN2CCOCC2)cc1. The first-order valence-electron chi connectivity index (χ1n) is 12.1. The molecule has 0 bridgehead atoms. The molecule has 1 atom stereocenters. The van der Waals surface area contributed by atoms with E-state index in [-0.39, 0.29) is 11.3 Å². The van der Waals surface area contributed by atoms with E-state index in [0.29, 0.717) is 49.1 Å². The highest BCUT2D eigenvalue weighted by molar-refractivity contribution is 6.46. The number of aliphatic hydroxyl groups excluding tert-OH is 1. The minimum absolute atomic E-state index is 0.0681. The van der Waals surface area contributed by atoms with Gasteiger partial charge in [-0.2, -0.15) is 0 Å². The van der Waals surface area contributed by atoms with Crippen molar-refractivity contribution in [1.29, 1.82) is 0 Å².